The Hall–Kier alpha value is -1.85. The Morgan fingerprint density at radius 2 is 2.00 bits per heavy atom. The number of nitrogens with one attached hydrogen (secondary N) is 1. The third-order valence-electron chi connectivity index (χ3n) is 3.73. The summed E-state index contributed by atoms with van der Waals surface area (Å²) in [5.41, 5.74) is -0.261. The second-order valence-corrected chi connectivity index (χ2v) is 5.29. The first-order chi connectivity index (χ1) is 8.94. The van der Waals surface area contributed by atoms with Gasteiger partial charge in [0.15, 0.2) is 0 Å². The molecule has 0 aromatic rings. The van der Waals surface area contributed by atoms with E-state index < -0.39 is 17.5 Å². The van der Waals surface area contributed by atoms with Gasteiger partial charge in [-0.1, -0.05) is 19.3 Å². The molecular weight excluding hydrogens is 248 g/mol. The lowest BCUT2D eigenvalue weighted by atomic mass is 9.82. The smallest absolute Gasteiger partial charge is 0.328 e. The Morgan fingerprint density at radius 1 is 1.37 bits per heavy atom. The van der Waals surface area contributed by atoms with Crippen molar-refractivity contribution in [2.24, 2.45) is 0 Å². The van der Waals surface area contributed by atoms with Crippen LogP contribution in [0.5, 0.6) is 0 Å². The number of amides is 3. The molecule has 6 nitrogen and oxygen atoms in total. The van der Waals surface area contributed by atoms with Crippen LogP contribution in [0.25, 0.3) is 0 Å². The molecule has 0 aromatic carbocycles. The summed E-state index contributed by atoms with van der Waals surface area (Å²) in [5.74, 6) is -1.28. The van der Waals surface area contributed by atoms with Crippen molar-refractivity contribution in [1.29, 1.82) is 0 Å². The maximum atomic E-state index is 12.4. The summed E-state index contributed by atoms with van der Waals surface area (Å²) in [6.07, 6.45) is 5.33. The molecule has 2 N–H and O–H groups in total. The summed E-state index contributed by atoms with van der Waals surface area (Å²) in [7, 11) is 0. The number of carbonyl (C=O) groups is 3. The number of aliphatic carboxylic acids is 1. The molecule has 1 saturated heterocycles. The number of hydrogen-bond acceptors (Lipinski definition) is 3. The fraction of sp³-hybridized carbons (Fsp3) is 0.615. The van der Waals surface area contributed by atoms with Gasteiger partial charge in [0.25, 0.3) is 5.91 Å². The first kappa shape index (κ1) is 13.6. The molecule has 1 saturated carbocycles. The van der Waals surface area contributed by atoms with Gasteiger partial charge >= 0.3 is 12.0 Å². The van der Waals surface area contributed by atoms with Crippen LogP contribution < -0.4 is 5.32 Å². The Kier molecular flexibility index (Phi) is 3.59. The highest BCUT2D eigenvalue weighted by Gasteiger charge is 2.51. The summed E-state index contributed by atoms with van der Waals surface area (Å²) in [4.78, 5) is 36.0. The predicted octanol–water partition coefficient (Wildman–Crippen LogP) is 1.27. The molecule has 104 valence electrons. The fourth-order valence-corrected chi connectivity index (χ4v) is 2.82. The van der Waals surface area contributed by atoms with Gasteiger partial charge in [-0.2, -0.15) is 0 Å². The number of carboxylic acids is 1. The zero-order valence-corrected chi connectivity index (χ0v) is 10.9. The maximum absolute atomic E-state index is 12.4. The van der Waals surface area contributed by atoms with E-state index in [-0.39, 0.29) is 12.5 Å². The van der Waals surface area contributed by atoms with Crippen molar-refractivity contribution < 1.29 is 19.5 Å². The highest BCUT2D eigenvalue weighted by atomic mass is 16.4. The molecule has 0 atom stereocenters. The Bertz CT molecular complexity index is 450. The van der Waals surface area contributed by atoms with Crippen LogP contribution in [0.4, 0.5) is 4.79 Å². The quantitative estimate of drug-likeness (QED) is 0.595. The van der Waals surface area contributed by atoms with Crippen LogP contribution in [0.3, 0.4) is 0 Å². The van der Waals surface area contributed by atoms with Crippen molar-refractivity contribution in [3.63, 3.8) is 0 Å². The minimum Gasteiger partial charge on any atom is -0.478 e. The number of urea groups is 1. The van der Waals surface area contributed by atoms with Gasteiger partial charge in [0.2, 0.25) is 0 Å². The second-order valence-electron chi connectivity index (χ2n) is 5.29. The molecular formula is C13H18N2O4. The predicted molar refractivity (Wildman–Crippen MR) is 67.5 cm³/mol. The van der Waals surface area contributed by atoms with Crippen molar-refractivity contribution in [2.45, 2.75) is 44.6 Å². The Balaban J connectivity index is 2.12. The normalized spacial score (nSPS) is 22.8. The number of nitrogens with zero attached hydrogens (tertiary/aromatic N) is 1. The van der Waals surface area contributed by atoms with Crippen molar-refractivity contribution in [3.05, 3.63) is 11.6 Å². The summed E-state index contributed by atoms with van der Waals surface area (Å²) in [5, 5.41) is 11.4. The van der Waals surface area contributed by atoms with Gasteiger partial charge in [-0.15, -0.1) is 0 Å². The van der Waals surface area contributed by atoms with Crippen molar-refractivity contribution in [1.82, 2.24) is 10.2 Å². The Labute approximate surface area is 111 Å². The van der Waals surface area contributed by atoms with Crippen molar-refractivity contribution in [2.75, 3.05) is 6.54 Å². The van der Waals surface area contributed by atoms with E-state index in [2.05, 4.69) is 5.32 Å². The average Bonchev–Trinajstić information content (AvgIpc) is 2.54. The van der Waals surface area contributed by atoms with E-state index in [1.54, 1.807) is 6.92 Å². The monoisotopic (exact) mass is 266 g/mol. The number of imide groups is 1. The third kappa shape index (κ3) is 2.62. The molecule has 0 radical (unpaired) electrons. The van der Waals surface area contributed by atoms with E-state index >= 15 is 0 Å². The van der Waals surface area contributed by atoms with Crippen molar-refractivity contribution in [3.8, 4) is 0 Å². The molecule has 1 spiro atoms. The minimum absolute atomic E-state index is 0.0404. The first-order valence-electron chi connectivity index (χ1n) is 6.49. The van der Waals surface area contributed by atoms with Crippen LogP contribution in [0.15, 0.2) is 11.6 Å². The molecule has 1 heterocycles. The average molecular weight is 266 g/mol. The Morgan fingerprint density at radius 3 is 2.58 bits per heavy atom. The SMILES string of the molecule is CC(=CC(=O)O)CN1C(=O)NC2(CCCCC2)C1=O. The topological polar surface area (TPSA) is 86.7 Å². The zero-order chi connectivity index (χ0) is 14.0. The fourth-order valence-electron chi connectivity index (χ4n) is 2.82. The highest BCUT2D eigenvalue weighted by Crippen LogP contribution is 2.33. The molecule has 3 amide bonds. The van der Waals surface area contributed by atoms with Gasteiger partial charge in [-0.25, -0.2) is 9.59 Å². The number of hydrogen-bond donors (Lipinski definition) is 2. The molecule has 0 aromatic heterocycles. The van der Waals surface area contributed by atoms with E-state index in [9.17, 15) is 14.4 Å². The summed E-state index contributed by atoms with van der Waals surface area (Å²) >= 11 is 0. The van der Waals surface area contributed by atoms with Crippen LogP contribution in [0.1, 0.15) is 39.0 Å². The summed E-state index contributed by atoms with van der Waals surface area (Å²) in [6.45, 7) is 1.64. The van der Waals surface area contributed by atoms with Gasteiger partial charge in [0, 0.05) is 6.08 Å². The van der Waals surface area contributed by atoms with E-state index in [0.29, 0.717) is 18.4 Å². The number of carboxylic acid groups (broad SMARTS) is 1. The maximum Gasteiger partial charge on any atom is 0.328 e. The number of rotatable bonds is 3. The molecule has 1 aliphatic carbocycles. The molecule has 2 aliphatic rings. The van der Waals surface area contributed by atoms with Crippen LogP contribution in [0.2, 0.25) is 0 Å². The molecule has 6 heteroatoms. The molecule has 0 bridgehead atoms. The lowest BCUT2D eigenvalue weighted by molar-refractivity contribution is -0.133. The first-order valence-corrected chi connectivity index (χ1v) is 6.49. The largest absolute Gasteiger partial charge is 0.478 e. The highest BCUT2D eigenvalue weighted by molar-refractivity contribution is 6.07. The number of carbonyl (C=O) groups excluding carboxylic acids is 2. The van der Waals surface area contributed by atoms with Gasteiger partial charge in [0.05, 0.1) is 6.54 Å². The van der Waals surface area contributed by atoms with Gasteiger partial charge in [0.1, 0.15) is 5.54 Å². The molecule has 2 fully saturated rings. The minimum atomic E-state index is -1.07. The van der Waals surface area contributed by atoms with E-state index in [1.807, 2.05) is 0 Å². The van der Waals surface area contributed by atoms with Crippen molar-refractivity contribution >= 4 is 17.9 Å². The molecule has 2 rings (SSSR count). The lowest BCUT2D eigenvalue weighted by Gasteiger charge is -2.30. The van der Waals surface area contributed by atoms with Crippen LogP contribution in [-0.4, -0.2) is 40.0 Å². The third-order valence-corrected chi connectivity index (χ3v) is 3.73. The van der Waals surface area contributed by atoms with Gasteiger partial charge in [-0.3, -0.25) is 9.69 Å². The van der Waals surface area contributed by atoms with Crippen LogP contribution in [0, 0.1) is 0 Å². The van der Waals surface area contributed by atoms with Crippen LogP contribution >= 0.6 is 0 Å². The molecule has 1 aliphatic heterocycles. The summed E-state index contributed by atoms with van der Waals surface area (Å²) in [6, 6.07) is -0.412. The van der Waals surface area contributed by atoms with Gasteiger partial charge in [-0.05, 0) is 25.3 Å². The zero-order valence-electron chi connectivity index (χ0n) is 10.9. The lowest BCUT2D eigenvalue weighted by Crippen LogP contribution is -2.48. The van der Waals surface area contributed by atoms with E-state index in [4.69, 9.17) is 5.11 Å². The summed E-state index contributed by atoms with van der Waals surface area (Å²) < 4.78 is 0. The molecule has 19 heavy (non-hydrogen) atoms. The molecule has 0 unspecified atom stereocenters. The van der Waals surface area contributed by atoms with E-state index in [0.717, 1.165) is 30.2 Å². The van der Waals surface area contributed by atoms with Crippen LogP contribution in [-0.2, 0) is 9.59 Å². The second kappa shape index (κ2) is 5.03. The van der Waals surface area contributed by atoms with Gasteiger partial charge < -0.3 is 10.4 Å². The van der Waals surface area contributed by atoms with E-state index in [1.165, 1.54) is 0 Å². The standard InChI is InChI=1S/C13H18N2O4/c1-9(7-10(16)17)8-15-11(18)13(14-12(15)19)5-3-2-4-6-13/h7H,2-6,8H2,1H3,(H,14,19)(H,16,17).